The molecule has 22 heavy (non-hydrogen) atoms. The van der Waals surface area contributed by atoms with E-state index < -0.39 is 0 Å². The molecule has 0 radical (unpaired) electrons. The topological polar surface area (TPSA) is 58.2 Å². The van der Waals surface area contributed by atoms with Gasteiger partial charge in [-0.05, 0) is 50.4 Å². The van der Waals surface area contributed by atoms with Gasteiger partial charge in [-0.25, -0.2) is 0 Å². The molecule has 0 heterocycles. The molecular formula is C18H34N2O2. The molecule has 4 heteroatoms. The van der Waals surface area contributed by atoms with E-state index in [1.807, 2.05) is 0 Å². The summed E-state index contributed by atoms with van der Waals surface area (Å²) in [5, 5.41) is 6.07. The highest BCUT2D eigenvalue weighted by atomic mass is 16.2. The molecule has 0 spiro atoms. The summed E-state index contributed by atoms with van der Waals surface area (Å²) in [6.07, 6.45) is 5.43. The average Bonchev–Trinajstić information content (AvgIpc) is 2.46. The highest BCUT2D eigenvalue weighted by Gasteiger charge is 2.29. The van der Waals surface area contributed by atoms with Crippen LogP contribution in [0.5, 0.6) is 0 Å². The number of carbonyl (C=O) groups excluding carboxylic acids is 2. The molecule has 2 amide bonds. The monoisotopic (exact) mass is 310 g/mol. The molecule has 0 bridgehead atoms. The quantitative estimate of drug-likeness (QED) is 0.723. The third kappa shape index (κ3) is 7.28. The van der Waals surface area contributed by atoms with Crippen LogP contribution in [0.1, 0.15) is 66.2 Å². The lowest BCUT2D eigenvalue weighted by atomic mass is 9.81. The predicted molar refractivity (Wildman–Crippen MR) is 90.4 cm³/mol. The number of carbonyl (C=O) groups is 2. The first kappa shape index (κ1) is 19.0. The van der Waals surface area contributed by atoms with Crippen molar-refractivity contribution in [1.82, 2.24) is 10.6 Å². The highest BCUT2D eigenvalue weighted by Crippen LogP contribution is 2.29. The van der Waals surface area contributed by atoms with Crippen LogP contribution in [0.25, 0.3) is 0 Å². The van der Waals surface area contributed by atoms with Gasteiger partial charge in [0.05, 0.1) is 0 Å². The largest absolute Gasteiger partial charge is 0.356 e. The van der Waals surface area contributed by atoms with Gasteiger partial charge in [-0.3, -0.25) is 9.59 Å². The van der Waals surface area contributed by atoms with Gasteiger partial charge in [0.25, 0.3) is 0 Å². The summed E-state index contributed by atoms with van der Waals surface area (Å²) in [6, 6.07) is 0. The fraction of sp³-hybridized carbons (Fsp3) is 0.889. The van der Waals surface area contributed by atoms with Crippen molar-refractivity contribution < 1.29 is 9.59 Å². The van der Waals surface area contributed by atoms with Crippen molar-refractivity contribution >= 4 is 11.8 Å². The summed E-state index contributed by atoms with van der Waals surface area (Å²) in [5.74, 6) is 1.80. The lowest BCUT2D eigenvalue weighted by Crippen LogP contribution is -2.38. The molecule has 1 rings (SSSR count). The van der Waals surface area contributed by atoms with Crippen molar-refractivity contribution in [3.8, 4) is 0 Å². The second-order valence-corrected chi connectivity index (χ2v) is 7.50. The fourth-order valence-electron chi connectivity index (χ4n) is 2.87. The molecule has 1 saturated carbocycles. The van der Waals surface area contributed by atoms with Crippen LogP contribution in [0.4, 0.5) is 0 Å². The molecule has 0 aliphatic heterocycles. The summed E-state index contributed by atoms with van der Waals surface area (Å²) in [5.41, 5.74) is 0. The lowest BCUT2D eigenvalue weighted by molar-refractivity contribution is -0.130. The Balaban J connectivity index is 2.22. The Kier molecular flexibility index (Phi) is 8.51. The first-order chi connectivity index (χ1) is 10.4. The van der Waals surface area contributed by atoms with E-state index in [-0.39, 0.29) is 23.7 Å². The van der Waals surface area contributed by atoms with Crippen molar-refractivity contribution in [3.63, 3.8) is 0 Å². The Morgan fingerprint density at radius 1 is 0.773 bits per heavy atom. The zero-order valence-corrected chi connectivity index (χ0v) is 14.8. The summed E-state index contributed by atoms with van der Waals surface area (Å²) in [7, 11) is 0. The maximum absolute atomic E-state index is 12.1. The van der Waals surface area contributed by atoms with E-state index in [0.717, 1.165) is 51.6 Å². The second kappa shape index (κ2) is 9.86. The smallest absolute Gasteiger partial charge is 0.223 e. The van der Waals surface area contributed by atoms with Crippen LogP contribution in [0.2, 0.25) is 0 Å². The van der Waals surface area contributed by atoms with Crippen LogP contribution in [0.3, 0.4) is 0 Å². The van der Waals surface area contributed by atoms with Crippen molar-refractivity contribution in [3.05, 3.63) is 0 Å². The van der Waals surface area contributed by atoms with E-state index in [2.05, 4.69) is 38.3 Å². The summed E-state index contributed by atoms with van der Waals surface area (Å²) < 4.78 is 0. The number of amides is 2. The van der Waals surface area contributed by atoms with Gasteiger partial charge >= 0.3 is 0 Å². The Hall–Kier alpha value is -1.06. The van der Waals surface area contributed by atoms with Gasteiger partial charge in [-0.2, -0.15) is 0 Å². The minimum Gasteiger partial charge on any atom is -0.356 e. The molecule has 0 saturated heterocycles. The van der Waals surface area contributed by atoms with Crippen molar-refractivity contribution in [2.75, 3.05) is 13.1 Å². The Morgan fingerprint density at radius 3 is 1.36 bits per heavy atom. The minimum absolute atomic E-state index is 0.104. The van der Waals surface area contributed by atoms with Gasteiger partial charge < -0.3 is 10.6 Å². The van der Waals surface area contributed by atoms with Gasteiger partial charge in [-0.1, -0.05) is 27.7 Å². The molecule has 0 atom stereocenters. The molecule has 0 aromatic rings. The Bertz CT molecular complexity index is 311. The summed E-state index contributed by atoms with van der Waals surface area (Å²) in [6.45, 7) is 10.2. The Morgan fingerprint density at radius 2 is 1.09 bits per heavy atom. The molecule has 1 aliphatic rings. The zero-order valence-electron chi connectivity index (χ0n) is 14.8. The van der Waals surface area contributed by atoms with Crippen molar-refractivity contribution in [2.45, 2.75) is 66.2 Å². The molecule has 128 valence electrons. The van der Waals surface area contributed by atoms with Gasteiger partial charge in [0, 0.05) is 24.9 Å². The summed E-state index contributed by atoms with van der Waals surface area (Å²) in [4.78, 5) is 24.2. The SMILES string of the molecule is CC(C)CCNC(=O)C1CCC(C(=O)NCCC(C)C)CC1. The van der Waals surface area contributed by atoms with E-state index in [0.29, 0.717) is 11.8 Å². The highest BCUT2D eigenvalue weighted by molar-refractivity contribution is 5.81. The number of nitrogens with one attached hydrogen (secondary N) is 2. The molecule has 0 aromatic heterocycles. The standard InChI is InChI=1S/C18H34N2O2/c1-13(2)9-11-19-17(21)15-5-7-16(8-6-15)18(22)20-12-10-14(3)4/h13-16H,5-12H2,1-4H3,(H,19,21)(H,20,22). The van der Waals surface area contributed by atoms with Crippen LogP contribution >= 0.6 is 0 Å². The predicted octanol–water partition coefficient (Wildman–Crippen LogP) is 3.12. The number of hydrogen-bond acceptors (Lipinski definition) is 2. The van der Waals surface area contributed by atoms with Crippen LogP contribution in [-0.2, 0) is 9.59 Å². The molecule has 2 N–H and O–H groups in total. The molecular weight excluding hydrogens is 276 g/mol. The van der Waals surface area contributed by atoms with Gasteiger partial charge in [-0.15, -0.1) is 0 Å². The lowest BCUT2D eigenvalue weighted by Gasteiger charge is -2.27. The van der Waals surface area contributed by atoms with Crippen LogP contribution in [-0.4, -0.2) is 24.9 Å². The van der Waals surface area contributed by atoms with E-state index >= 15 is 0 Å². The molecule has 0 unspecified atom stereocenters. The number of hydrogen-bond donors (Lipinski definition) is 2. The van der Waals surface area contributed by atoms with E-state index in [4.69, 9.17) is 0 Å². The third-order valence-electron chi connectivity index (χ3n) is 4.51. The van der Waals surface area contributed by atoms with Gasteiger partial charge in [0.1, 0.15) is 0 Å². The van der Waals surface area contributed by atoms with Crippen LogP contribution in [0.15, 0.2) is 0 Å². The fourth-order valence-corrected chi connectivity index (χ4v) is 2.87. The average molecular weight is 310 g/mol. The first-order valence-electron chi connectivity index (χ1n) is 8.95. The maximum atomic E-state index is 12.1. The first-order valence-corrected chi connectivity index (χ1v) is 8.95. The van der Waals surface area contributed by atoms with Crippen LogP contribution in [0, 0.1) is 23.7 Å². The number of rotatable bonds is 8. The molecule has 1 fully saturated rings. The maximum Gasteiger partial charge on any atom is 0.223 e. The molecule has 1 aliphatic carbocycles. The molecule has 4 nitrogen and oxygen atoms in total. The van der Waals surface area contributed by atoms with E-state index in [1.54, 1.807) is 0 Å². The van der Waals surface area contributed by atoms with Gasteiger partial charge in [0.2, 0.25) is 11.8 Å². The van der Waals surface area contributed by atoms with Crippen LogP contribution < -0.4 is 10.6 Å². The Labute approximate surface area is 135 Å². The van der Waals surface area contributed by atoms with Crippen molar-refractivity contribution in [2.24, 2.45) is 23.7 Å². The van der Waals surface area contributed by atoms with E-state index in [1.165, 1.54) is 0 Å². The second-order valence-electron chi connectivity index (χ2n) is 7.50. The minimum atomic E-state index is 0.104. The zero-order chi connectivity index (χ0) is 16.5. The van der Waals surface area contributed by atoms with Gasteiger partial charge in [0.15, 0.2) is 0 Å². The normalized spacial score (nSPS) is 21.9. The summed E-state index contributed by atoms with van der Waals surface area (Å²) >= 11 is 0. The van der Waals surface area contributed by atoms with E-state index in [9.17, 15) is 9.59 Å². The third-order valence-corrected chi connectivity index (χ3v) is 4.51. The molecule has 0 aromatic carbocycles. The van der Waals surface area contributed by atoms with Crippen molar-refractivity contribution in [1.29, 1.82) is 0 Å².